The number of carbonyl (C=O) groups is 1. The van der Waals surface area contributed by atoms with Crippen molar-refractivity contribution in [3.8, 4) is 5.75 Å². The molecule has 2 atom stereocenters. The number of nitrogens with one attached hydrogen (secondary N) is 1. The maximum atomic E-state index is 13.6. The van der Waals surface area contributed by atoms with Crippen LogP contribution < -0.4 is 9.61 Å². The van der Waals surface area contributed by atoms with Crippen LogP contribution in [-0.2, 0) is 20.5 Å². The molecule has 2 rings (SSSR count). The number of ether oxygens (including phenoxy) is 1. The molecule has 0 saturated carbocycles. The van der Waals surface area contributed by atoms with E-state index >= 15 is 0 Å². The first kappa shape index (κ1) is 32.8. The van der Waals surface area contributed by atoms with Crippen molar-refractivity contribution in [2.45, 2.75) is 55.7 Å². The summed E-state index contributed by atoms with van der Waals surface area (Å²) in [6, 6.07) is 14.4. The second kappa shape index (κ2) is 12.8. The van der Waals surface area contributed by atoms with Crippen LogP contribution in [0.25, 0.3) is 0 Å². The first-order valence-corrected chi connectivity index (χ1v) is 13.7. The topological polar surface area (TPSA) is 64.6 Å². The second-order valence-corrected chi connectivity index (χ2v) is 11.0. The molecule has 1 unspecified atom stereocenters. The lowest BCUT2D eigenvalue weighted by atomic mass is 9.99. The van der Waals surface area contributed by atoms with E-state index in [9.17, 15) is 48.9 Å². The SMILES string of the molecule is O=C(OCCCCC(F)(F)C(F)(F)C(F)(F)C(F)(F)F)[C@H](Cc1ccccc1)NP(=O)(Cl)Oc1ccccc1. The van der Waals surface area contributed by atoms with E-state index in [1.165, 1.54) is 12.1 Å². The fourth-order valence-corrected chi connectivity index (χ4v) is 4.76. The van der Waals surface area contributed by atoms with Crippen molar-refractivity contribution in [2.24, 2.45) is 0 Å². The molecule has 0 aliphatic rings. The standard InChI is InChI=1S/C23H22ClF9NO4P/c24-39(36,38-17-11-5-2-6-12-17)34-18(15-16-9-3-1-4-10-16)19(35)37-14-8-7-13-20(25,26)21(27,28)22(29,30)23(31,32)33/h1-6,9-12,18H,7-8,13-15H2,(H,34,36)/t18-,39?/m0/s1. The highest BCUT2D eigenvalue weighted by molar-refractivity contribution is 7.84. The van der Waals surface area contributed by atoms with Crippen LogP contribution in [0, 0.1) is 0 Å². The van der Waals surface area contributed by atoms with Crippen molar-refractivity contribution in [3.05, 3.63) is 66.2 Å². The predicted octanol–water partition coefficient (Wildman–Crippen LogP) is 7.79. The van der Waals surface area contributed by atoms with E-state index in [4.69, 9.17) is 20.5 Å². The van der Waals surface area contributed by atoms with E-state index in [2.05, 4.69) is 5.09 Å². The number of hydrogen-bond acceptors (Lipinski definition) is 4. The average Bonchev–Trinajstić information content (AvgIpc) is 2.83. The number of halogens is 10. The molecule has 0 saturated heterocycles. The predicted molar refractivity (Wildman–Crippen MR) is 123 cm³/mol. The number of para-hydroxylation sites is 1. The van der Waals surface area contributed by atoms with E-state index in [0.717, 1.165) is 0 Å². The normalized spacial score (nSPS) is 15.3. The molecule has 0 aromatic heterocycles. The Morgan fingerprint density at radius 3 is 1.92 bits per heavy atom. The lowest BCUT2D eigenvalue weighted by Crippen LogP contribution is -2.60. The van der Waals surface area contributed by atoms with E-state index in [1.54, 1.807) is 48.5 Å². The van der Waals surface area contributed by atoms with Crippen LogP contribution in [0.4, 0.5) is 39.5 Å². The molecule has 0 aliphatic heterocycles. The highest BCUT2D eigenvalue weighted by Gasteiger charge is 2.81. The molecule has 16 heteroatoms. The van der Waals surface area contributed by atoms with Gasteiger partial charge in [-0.15, -0.1) is 0 Å². The molecule has 0 fully saturated rings. The van der Waals surface area contributed by atoms with Gasteiger partial charge in [-0.25, -0.2) is 9.65 Å². The van der Waals surface area contributed by atoms with Gasteiger partial charge in [-0.05, 0) is 37.0 Å². The first-order chi connectivity index (χ1) is 17.9. The number of esters is 1. The Kier molecular flexibility index (Phi) is 10.8. The molecule has 218 valence electrons. The van der Waals surface area contributed by atoms with Crippen LogP contribution in [0.15, 0.2) is 60.7 Å². The number of hydrogen-bond donors (Lipinski definition) is 1. The van der Waals surface area contributed by atoms with Crippen molar-refractivity contribution < 1.29 is 58.1 Å². The maximum absolute atomic E-state index is 13.6. The van der Waals surface area contributed by atoms with Crippen LogP contribution in [0.2, 0.25) is 0 Å². The zero-order valence-corrected chi connectivity index (χ0v) is 21.4. The summed E-state index contributed by atoms with van der Waals surface area (Å²) in [5.74, 6) is -20.4. The van der Waals surface area contributed by atoms with Gasteiger partial charge in [0.05, 0.1) is 6.61 Å². The van der Waals surface area contributed by atoms with Gasteiger partial charge >= 0.3 is 36.8 Å². The van der Waals surface area contributed by atoms with Gasteiger partial charge in [0.2, 0.25) is 0 Å². The van der Waals surface area contributed by atoms with Crippen molar-refractivity contribution in [1.82, 2.24) is 5.09 Å². The molecule has 5 nitrogen and oxygen atoms in total. The summed E-state index contributed by atoms with van der Waals surface area (Å²) in [4.78, 5) is 12.6. The Morgan fingerprint density at radius 2 is 1.38 bits per heavy atom. The quantitative estimate of drug-likeness (QED) is 0.102. The van der Waals surface area contributed by atoms with Crippen molar-refractivity contribution in [1.29, 1.82) is 0 Å². The molecule has 1 N–H and O–H groups in total. The molecule has 2 aromatic carbocycles. The molecule has 0 spiro atoms. The Balaban J connectivity index is 1.99. The fourth-order valence-electron chi connectivity index (χ4n) is 3.15. The van der Waals surface area contributed by atoms with Gasteiger partial charge in [0.15, 0.2) is 0 Å². The molecule has 0 amide bonds. The Hall–Kier alpha value is -2.44. The zero-order valence-electron chi connectivity index (χ0n) is 19.7. The van der Waals surface area contributed by atoms with E-state index in [-0.39, 0.29) is 12.2 Å². The summed E-state index contributed by atoms with van der Waals surface area (Å²) in [6.07, 6.45) is -10.7. The highest BCUT2D eigenvalue weighted by atomic mass is 35.7. The summed E-state index contributed by atoms with van der Waals surface area (Å²) in [5, 5.41) is 2.32. The van der Waals surface area contributed by atoms with Gasteiger partial charge in [-0.2, -0.15) is 39.5 Å². The van der Waals surface area contributed by atoms with Gasteiger partial charge in [-0.1, -0.05) is 48.5 Å². The summed E-state index contributed by atoms with van der Waals surface area (Å²) in [6.45, 7) is -4.90. The minimum atomic E-state index is -6.97. The minimum absolute atomic E-state index is 0.101. The van der Waals surface area contributed by atoms with Gasteiger partial charge in [0.25, 0.3) is 0 Å². The van der Waals surface area contributed by atoms with Crippen molar-refractivity contribution in [2.75, 3.05) is 6.61 Å². The van der Waals surface area contributed by atoms with Crippen LogP contribution in [0.5, 0.6) is 5.75 Å². The largest absolute Gasteiger partial charge is 0.465 e. The Labute approximate surface area is 221 Å². The lowest BCUT2D eigenvalue weighted by Gasteiger charge is -2.33. The lowest BCUT2D eigenvalue weighted by molar-refractivity contribution is -0.396. The maximum Gasteiger partial charge on any atom is 0.460 e. The smallest absolute Gasteiger partial charge is 0.460 e. The zero-order chi connectivity index (χ0) is 29.5. The molecule has 0 aliphatic carbocycles. The number of rotatable bonds is 14. The third-order valence-corrected chi connectivity index (χ3v) is 6.75. The number of carbonyl (C=O) groups excluding carboxylic acids is 1. The van der Waals surface area contributed by atoms with E-state index < -0.39 is 68.7 Å². The number of unbranched alkanes of at least 4 members (excludes halogenated alkanes) is 1. The number of benzene rings is 2. The summed E-state index contributed by atoms with van der Waals surface area (Å²) >= 11 is 5.94. The second-order valence-electron chi connectivity index (χ2n) is 8.23. The van der Waals surface area contributed by atoms with Gasteiger partial charge in [0.1, 0.15) is 11.8 Å². The molecule has 0 heterocycles. The Bertz CT molecular complexity index is 1120. The van der Waals surface area contributed by atoms with Gasteiger partial charge < -0.3 is 9.26 Å². The van der Waals surface area contributed by atoms with Crippen LogP contribution in [-0.4, -0.2) is 42.6 Å². The molecule has 0 radical (unpaired) electrons. The minimum Gasteiger partial charge on any atom is -0.465 e. The molecule has 0 bridgehead atoms. The van der Waals surface area contributed by atoms with Crippen LogP contribution in [0.3, 0.4) is 0 Å². The fraction of sp³-hybridized carbons (Fsp3) is 0.435. The monoisotopic (exact) mass is 613 g/mol. The van der Waals surface area contributed by atoms with E-state index in [0.29, 0.717) is 5.56 Å². The first-order valence-electron chi connectivity index (χ1n) is 11.1. The summed E-state index contributed by atoms with van der Waals surface area (Å²) < 4.78 is 139. The van der Waals surface area contributed by atoms with Crippen LogP contribution in [0.1, 0.15) is 24.8 Å². The summed E-state index contributed by atoms with van der Waals surface area (Å²) in [7, 11) is 0. The van der Waals surface area contributed by atoms with Crippen LogP contribution >= 0.6 is 18.1 Å². The molecule has 39 heavy (non-hydrogen) atoms. The molecular weight excluding hydrogens is 592 g/mol. The third kappa shape index (κ3) is 8.77. The number of alkyl halides is 9. The van der Waals surface area contributed by atoms with Gasteiger partial charge in [0, 0.05) is 17.7 Å². The summed E-state index contributed by atoms with van der Waals surface area (Å²) in [5.41, 5.74) is 0.552. The van der Waals surface area contributed by atoms with Crippen molar-refractivity contribution >= 4 is 24.1 Å². The average molecular weight is 614 g/mol. The van der Waals surface area contributed by atoms with Gasteiger partial charge in [-0.3, -0.25) is 4.79 Å². The third-order valence-electron chi connectivity index (χ3n) is 5.18. The molecule has 2 aromatic rings. The highest BCUT2D eigenvalue weighted by Crippen LogP contribution is 2.54. The molecular formula is C23H22ClF9NO4P. The Morgan fingerprint density at radius 1 is 0.846 bits per heavy atom. The van der Waals surface area contributed by atoms with Crippen molar-refractivity contribution in [3.63, 3.8) is 0 Å². The van der Waals surface area contributed by atoms with E-state index in [1.807, 2.05) is 0 Å².